The van der Waals surface area contributed by atoms with Gasteiger partial charge < -0.3 is 4.74 Å². The van der Waals surface area contributed by atoms with Crippen molar-refractivity contribution in [1.82, 2.24) is 0 Å². The molecule has 0 aliphatic heterocycles. The summed E-state index contributed by atoms with van der Waals surface area (Å²) in [4.78, 5) is 18.0. The van der Waals surface area contributed by atoms with Crippen LogP contribution in [0.15, 0.2) is 89.9 Å². The van der Waals surface area contributed by atoms with Crippen LogP contribution < -0.4 is 0 Å². The molecule has 1 unspecified atom stereocenters. The van der Waals surface area contributed by atoms with E-state index in [1.165, 1.54) is 0 Å². The number of hydrogen-bond donors (Lipinski definition) is 0. The Labute approximate surface area is 170 Å². The summed E-state index contributed by atoms with van der Waals surface area (Å²) in [6.07, 6.45) is 0. The largest absolute Gasteiger partial charge is 0.464 e. The standard InChI is InChI=1S/C24H22ClNO2/c1-3-28-23(27)24(2,20-15-10-16-21(25)17-20)26-22(18-11-6-4-7-12-18)19-13-8-5-9-14-19/h4-17H,3H2,1-2H3. The lowest BCUT2D eigenvalue weighted by Crippen LogP contribution is -2.34. The molecule has 3 aromatic rings. The lowest BCUT2D eigenvalue weighted by molar-refractivity contribution is -0.149. The van der Waals surface area contributed by atoms with E-state index in [1.54, 1.807) is 26.0 Å². The van der Waals surface area contributed by atoms with Crippen LogP contribution in [0.25, 0.3) is 0 Å². The number of rotatable bonds is 6. The summed E-state index contributed by atoms with van der Waals surface area (Å²) in [5, 5.41) is 0.546. The highest BCUT2D eigenvalue weighted by Crippen LogP contribution is 2.31. The molecule has 0 fully saturated rings. The zero-order valence-corrected chi connectivity index (χ0v) is 16.7. The second-order valence-corrected chi connectivity index (χ2v) is 6.93. The van der Waals surface area contributed by atoms with Crippen molar-refractivity contribution >= 4 is 23.3 Å². The highest BCUT2D eigenvalue weighted by Gasteiger charge is 2.37. The van der Waals surface area contributed by atoms with E-state index in [2.05, 4.69) is 0 Å². The van der Waals surface area contributed by atoms with Crippen molar-refractivity contribution in [2.24, 2.45) is 4.99 Å². The van der Waals surface area contributed by atoms with Crippen molar-refractivity contribution in [2.45, 2.75) is 19.4 Å². The average molecular weight is 392 g/mol. The van der Waals surface area contributed by atoms with E-state index in [9.17, 15) is 4.79 Å². The number of halogens is 1. The topological polar surface area (TPSA) is 38.7 Å². The average Bonchev–Trinajstić information content (AvgIpc) is 2.73. The molecule has 0 saturated heterocycles. The zero-order valence-electron chi connectivity index (χ0n) is 15.9. The van der Waals surface area contributed by atoms with E-state index < -0.39 is 11.5 Å². The molecule has 0 amide bonds. The fourth-order valence-corrected chi connectivity index (χ4v) is 3.19. The molecule has 0 heterocycles. The third-order valence-corrected chi connectivity index (χ3v) is 4.72. The van der Waals surface area contributed by atoms with Crippen LogP contribution in [0.1, 0.15) is 30.5 Å². The van der Waals surface area contributed by atoms with Gasteiger partial charge in [-0.3, -0.25) is 4.99 Å². The third kappa shape index (κ3) is 4.32. The summed E-state index contributed by atoms with van der Waals surface area (Å²) >= 11 is 6.20. The lowest BCUT2D eigenvalue weighted by Gasteiger charge is -2.25. The fourth-order valence-electron chi connectivity index (χ4n) is 3.00. The van der Waals surface area contributed by atoms with Gasteiger partial charge in [0.05, 0.1) is 12.3 Å². The van der Waals surface area contributed by atoms with Gasteiger partial charge in [-0.15, -0.1) is 0 Å². The number of benzene rings is 3. The molecule has 3 aromatic carbocycles. The molecule has 0 N–H and O–H groups in total. The molecule has 0 bridgehead atoms. The minimum atomic E-state index is -1.23. The molecule has 0 aromatic heterocycles. The fraction of sp³-hybridized carbons (Fsp3) is 0.167. The van der Waals surface area contributed by atoms with Crippen molar-refractivity contribution in [3.8, 4) is 0 Å². The molecule has 0 aliphatic carbocycles. The van der Waals surface area contributed by atoms with Crippen LogP contribution in [0.5, 0.6) is 0 Å². The Bertz CT molecular complexity index is 929. The first-order valence-corrected chi connectivity index (χ1v) is 9.56. The molecule has 4 heteroatoms. The summed E-state index contributed by atoms with van der Waals surface area (Å²) in [5.41, 5.74) is 2.01. The van der Waals surface area contributed by atoms with E-state index >= 15 is 0 Å². The Hall–Kier alpha value is -2.91. The first kappa shape index (κ1) is 19.8. The van der Waals surface area contributed by atoms with Crippen molar-refractivity contribution in [2.75, 3.05) is 6.61 Å². The van der Waals surface area contributed by atoms with Gasteiger partial charge in [0.2, 0.25) is 0 Å². The van der Waals surface area contributed by atoms with Gasteiger partial charge in [0.15, 0.2) is 5.54 Å². The monoisotopic (exact) mass is 391 g/mol. The molecule has 3 nitrogen and oxygen atoms in total. The second-order valence-electron chi connectivity index (χ2n) is 6.50. The molecule has 0 aliphatic rings. The van der Waals surface area contributed by atoms with Gasteiger partial charge in [-0.05, 0) is 31.5 Å². The lowest BCUT2D eigenvalue weighted by atomic mass is 9.91. The Morgan fingerprint density at radius 2 is 1.50 bits per heavy atom. The van der Waals surface area contributed by atoms with Crippen LogP contribution in [0, 0.1) is 0 Å². The van der Waals surface area contributed by atoms with Gasteiger partial charge in [-0.1, -0.05) is 84.4 Å². The number of aliphatic imine (C=N–C) groups is 1. The van der Waals surface area contributed by atoms with Crippen LogP contribution >= 0.6 is 11.6 Å². The van der Waals surface area contributed by atoms with Crippen molar-refractivity contribution in [3.63, 3.8) is 0 Å². The third-order valence-electron chi connectivity index (χ3n) is 4.49. The summed E-state index contributed by atoms with van der Waals surface area (Å²) in [7, 11) is 0. The van der Waals surface area contributed by atoms with E-state index in [0.29, 0.717) is 10.6 Å². The first-order valence-electron chi connectivity index (χ1n) is 9.18. The zero-order chi connectivity index (χ0) is 20.0. The number of hydrogen-bond acceptors (Lipinski definition) is 3. The Morgan fingerprint density at radius 1 is 0.929 bits per heavy atom. The number of nitrogens with zero attached hydrogens (tertiary/aromatic N) is 1. The van der Waals surface area contributed by atoms with Crippen LogP contribution in [0.2, 0.25) is 5.02 Å². The number of carbonyl (C=O) groups is 1. The van der Waals surface area contributed by atoms with Crippen LogP contribution in [-0.4, -0.2) is 18.3 Å². The Balaban J connectivity index is 2.24. The van der Waals surface area contributed by atoms with Crippen molar-refractivity contribution in [3.05, 3.63) is 107 Å². The van der Waals surface area contributed by atoms with Gasteiger partial charge in [0.1, 0.15) is 0 Å². The van der Waals surface area contributed by atoms with Gasteiger partial charge in [0, 0.05) is 16.1 Å². The second kappa shape index (κ2) is 8.85. The molecule has 0 radical (unpaired) electrons. The molecule has 142 valence electrons. The summed E-state index contributed by atoms with van der Waals surface area (Å²) in [5.74, 6) is -0.415. The van der Waals surface area contributed by atoms with E-state index in [4.69, 9.17) is 21.3 Å². The van der Waals surface area contributed by atoms with E-state index in [-0.39, 0.29) is 6.61 Å². The van der Waals surface area contributed by atoms with Gasteiger partial charge >= 0.3 is 5.97 Å². The van der Waals surface area contributed by atoms with Gasteiger partial charge in [0.25, 0.3) is 0 Å². The highest BCUT2D eigenvalue weighted by molar-refractivity contribution is 6.30. The SMILES string of the molecule is CCOC(=O)C(C)(N=C(c1ccccc1)c1ccccc1)c1cccc(Cl)c1. The summed E-state index contributed by atoms with van der Waals surface area (Å²) in [6, 6.07) is 26.8. The molecule has 1 atom stereocenters. The van der Waals surface area contributed by atoms with E-state index in [0.717, 1.165) is 16.8 Å². The normalized spacial score (nSPS) is 12.7. The Kier molecular flexibility index (Phi) is 6.27. The van der Waals surface area contributed by atoms with Gasteiger partial charge in [-0.25, -0.2) is 4.79 Å². The predicted octanol–water partition coefficient (Wildman–Crippen LogP) is 5.66. The van der Waals surface area contributed by atoms with Crippen LogP contribution in [-0.2, 0) is 15.1 Å². The summed E-state index contributed by atoms with van der Waals surface area (Å²) in [6.45, 7) is 3.83. The highest BCUT2D eigenvalue weighted by atomic mass is 35.5. The number of carbonyl (C=O) groups excluding carboxylic acids is 1. The minimum absolute atomic E-state index is 0.274. The molecular weight excluding hydrogens is 370 g/mol. The predicted molar refractivity (Wildman–Crippen MR) is 114 cm³/mol. The van der Waals surface area contributed by atoms with E-state index in [1.807, 2.05) is 72.8 Å². The molecular formula is C24H22ClNO2. The van der Waals surface area contributed by atoms with Crippen LogP contribution in [0.4, 0.5) is 0 Å². The van der Waals surface area contributed by atoms with Crippen molar-refractivity contribution < 1.29 is 9.53 Å². The molecule has 0 saturated carbocycles. The maximum Gasteiger partial charge on any atom is 0.338 e. The molecule has 0 spiro atoms. The number of esters is 1. The maximum atomic E-state index is 13.0. The quantitative estimate of drug-likeness (QED) is 0.402. The smallest absolute Gasteiger partial charge is 0.338 e. The first-order chi connectivity index (χ1) is 13.5. The number of ether oxygens (including phenoxy) is 1. The Morgan fingerprint density at radius 3 is 2.00 bits per heavy atom. The molecule has 3 rings (SSSR count). The minimum Gasteiger partial charge on any atom is -0.464 e. The van der Waals surface area contributed by atoms with Gasteiger partial charge in [-0.2, -0.15) is 0 Å². The molecule has 28 heavy (non-hydrogen) atoms. The summed E-state index contributed by atoms with van der Waals surface area (Å²) < 4.78 is 5.38. The van der Waals surface area contributed by atoms with Crippen molar-refractivity contribution in [1.29, 1.82) is 0 Å². The van der Waals surface area contributed by atoms with Crippen LogP contribution in [0.3, 0.4) is 0 Å². The maximum absolute atomic E-state index is 13.0.